The van der Waals surface area contributed by atoms with Gasteiger partial charge in [0, 0.05) is 10.9 Å². The lowest BCUT2D eigenvalue weighted by molar-refractivity contribution is -0.0104. The van der Waals surface area contributed by atoms with Crippen LogP contribution in [0.1, 0.15) is 17.4 Å². The average molecular weight is 399 g/mol. The van der Waals surface area contributed by atoms with Gasteiger partial charge in [-0.2, -0.15) is 0 Å². The second-order valence-electron chi connectivity index (χ2n) is 7.21. The fourth-order valence-electron chi connectivity index (χ4n) is 3.56. The average Bonchev–Trinajstić information content (AvgIpc) is 2.80. The first-order valence-electron chi connectivity index (χ1n) is 9.90. The van der Waals surface area contributed by atoms with Crippen LogP contribution in [0.3, 0.4) is 0 Å². The van der Waals surface area contributed by atoms with Crippen LogP contribution in [-0.2, 0) is 6.61 Å². The van der Waals surface area contributed by atoms with Crippen LogP contribution in [0, 0.1) is 0 Å². The number of aromatic nitrogens is 1. The monoisotopic (exact) mass is 399 g/mol. The molecule has 0 saturated carbocycles. The molecule has 2 heterocycles. The molecule has 1 N–H and O–H groups in total. The molecule has 0 saturated heterocycles. The topological polar surface area (TPSA) is 60.8 Å². The van der Waals surface area contributed by atoms with Crippen LogP contribution in [0.2, 0.25) is 0 Å². The van der Waals surface area contributed by atoms with Gasteiger partial charge in [0.15, 0.2) is 6.10 Å². The fraction of sp³-hybridized carbons (Fsp3) is 0.160. The van der Waals surface area contributed by atoms with Gasteiger partial charge in [-0.05, 0) is 42.5 Å². The summed E-state index contributed by atoms with van der Waals surface area (Å²) in [5.74, 6) is 1.99. The fourth-order valence-corrected chi connectivity index (χ4v) is 3.56. The van der Waals surface area contributed by atoms with Crippen LogP contribution in [-0.4, -0.2) is 22.8 Å². The number of benzene rings is 3. The number of aliphatic hydroxyl groups excluding tert-OH is 1. The maximum atomic E-state index is 10.8. The van der Waals surface area contributed by atoms with Gasteiger partial charge >= 0.3 is 0 Å². The first-order valence-corrected chi connectivity index (χ1v) is 9.90. The van der Waals surface area contributed by atoms with E-state index in [9.17, 15) is 5.11 Å². The lowest BCUT2D eigenvalue weighted by Crippen LogP contribution is -2.35. The molecule has 150 valence electrons. The molecule has 0 amide bonds. The zero-order valence-electron chi connectivity index (χ0n) is 16.3. The van der Waals surface area contributed by atoms with Crippen molar-refractivity contribution in [3.05, 3.63) is 96.2 Å². The van der Waals surface area contributed by atoms with E-state index in [-0.39, 0.29) is 6.61 Å². The number of rotatable bonds is 5. The lowest BCUT2D eigenvalue weighted by atomic mass is 10.0. The molecular weight excluding hydrogens is 378 g/mol. The second-order valence-corrected chi connectivity index (χ2v) is 7.21. The maximum Gasteiger partial charge on any atom is 0.163 e. The molecule has 0 bridgehead atoms. The number of fused-ring (bicyclic) bond motifs is 2. The largest absolute Gasteiger partial charge is 0.489 e. The molecule has 5 nitrogen and oxygen atoms in total. The van der Waals surface area contributed by atoms with E-state index in [0.29, 0.717) is 29.4 Å². The van der Waals surface area contributed by atoms with Crippen molar-refractivity contribution < 1.29 is 19.3 Å². The molecule has 1 aromatic heterocycles. The van der Waals surface area contributed by atoms with Crippen molar-refractivity contribution in [2.24, 2.45) is 0 Å². The highest BCUT2D eigenvalue weighted by Gasteiger charge is 2.31. The van der Waals surface area contributed by atoms with Crippen LogP contribution >= 0.6 is 0 Å². The third kappa shape index (κ3) is 3.80. The zero-order valence-corrected chi connectivity index (χ0v) is 16.3. The minimum absolute atomic E-state index is 0.282. The molecule has 2 atom stereocenters. The Bertz CT molecular complexity index is 1160. The summed E-state index contributed by atoms with van der Waals surface area (Å²) in [6.45, 7) is 0.620. The summed E-state index contributed by atoms with van der Waals surface area (Å²) < 4.78 is 17.6. The van der Waals surface area contributed by atoms with Crippen molar-refractivity contribution in [3.63, 3.8) is 0 Å². The van der Waals surface area contributed by atoms with Gasteiger partial charge < -0.3 is 19.3 Å². The minimum atomic E-state index is -0.809. The molecule has 3 aromatic carbocycles. The van der Waals surface area contributed by atoms with Gasteiger partial charge in [-0.3, -0.25) is 0 Å². The number of hydrogen-bond acceptors (Lipinski definition) is 5. The van der Waals surface area contributed by atoms with E-state index in [2.05, 4.69) is 4.98 Å². The molecular formula is C25H21NO4. The number of para-hydroxylation sites is 2. The Morgan fingerprint density at radius 2 is 1.73 bits per heavy atom. The number of aliphatic hydroxyl groups is 1. The number of pyridine rings is 1. The van der Waals surface area contributed by atoms with Gasteiger partial charge in [-0.15, -0.1) is 0 Å². The van der Waals surface area contributed by atoms with Crippen LogP contribution in [0.15, 0.2) is 84.9 Å². The quantitative estimate of drug-likeness (QED) is 0.528. The normalized spacial score (nSPS) is 17.8. The van der Waals surface area contributed by atoms with Crippen LogP contribution in [0.4, 0.5) is 0 Å². The Morgan fingerprint density at radius 1 is 0.900 bits per heavy atom. The molecule has 0 spiro atoms. The summed E-state index contributed by atoms with van der Waals surface area (Å²) in [6.07, 6.45) is -1.30. The van der Waals surface area contributed by atoms with E-state index < -0.39 is 12.2 Å². The third-order valence-corrected chi connectivity index (χ3v) is 5.13. The van der Waals surface area contributed by atoms with Gasteiger partial charge in [0.1, 0.15) is 36.6 Å². The number of nitrogens with zero attached hydrogens (tertiary/aromatic N) is 1. The molecule has 0 aliphatic carbocycles. The van der Waals surface area contributed by atoms with Crippen LogP contribution in [0.25, 0.3) is 10.9 Å². The Kier molecular flexibility index (Phi) is 4.95. The van der Waals surface area contributed by atoms with Gasteiger partial charge in [0.25, 0.3) is 0 Å². The summed E-state index contributed by atoms with van der Waals surface area (Å²) in [5, 5.41) is 11.9. The molecule has 5 rings (SSSR count). The van der Waals surface area contributed by atoms with Crippen molar-refractivity contribution >= 4 is 10.9 Å². The Labute approximate surface area is 174 Å². The second kappa shape index (κ2) is 8.05. The highest BCUT2D eigenvalue weighted by molar-refractivity contribution is 5.78. The van der Waals surface area contributed by atoms with E-state index in [4.69, 9.17) is 14.2 Å². The summed E-state index contributed by atoms with van der Waals surface area (Å²) in [6, 6.07) is 26.9. The van der Waals surface area contributed by atoms with Crippen LogP contribution < -0.4 is 14.2 Å². The van der Waals surface area contributed by atoms with Gasteiger partial charge in [0.2, 0.25) is 0 Å². The third-order valence-electron chi connectivity index (χ3n) is 5.13. The van der Waals surface area contributed by atoms with Gasteiger partial charge in [0.05, 0.1) is 11.2 Å². The smallest absolute Gasteiger partial charge is 0.163 e. The van der Waals surface area contributed by atoms with Crippen LogP contribution in [0.5, 0.6) is 17.2 Å². The highest BCUT2D eigenvalue weighted by Crippen LogP contribution is 2.36. The Balaban J connectivity index is 1.30. The van der Waals surface area contributed by atoms with E-state index in [0.717, 1.165) is 16.6 Å². The summed E-state index contributed by atoms with van der Waals surface area (Å²) >= 11 is 0. The summed E-state index contributed by atoms with van der Waals surface area (Å²) in [7, 11) is 0. The van der Waals surface area contributed by atoms with Crippen molar-refractivity contribution in [2.75, 3.05) is 6.61 Å². The Hall–Kier alpha value is -3.57. The molecule has 30 heavy (non-hydrogen) atoms. The zero-order chi connectivity index (χ0) is 20.3. The number of hydrogen-bond donors (Lipinski definition) is 1. The Morgan fingerprint density at radius 3 is 2.63 bits per heavy atom. The summed E-state index contributed by atoms with van der Waals surface area (Å²) in [4.78, 5) is 4.63. The molecule has 4 aromatic rings. The predicted molar refractivity (Wildman–Crippen MR) is 114 cm³/mol. The maximum absolute atomic E-state index is 10.8. The van der Waals surface area contributed by atoms with Gasteiger partial charge in [-0.25, -0.2) is 4.98 Å². The lowest BCUT2D eigenvalue weighted by Gasteiger charge is -2.30. The van der Waals surface area contributed by atoms with Crippen molar-refractivity contribution in [2.45, 2.75) is 18.8 Å². The molecule has 1 aliphatic rings. The first kappa shape index (κ1) is 18.5. The molecule has 1 aliphatic heterocycles. The van der Waals surface area contributed by atoms with Gasteiger partial charge in [-0.1, -0.05) is 42.5 Å². The minimum Gasteiger partial charge on any atom is -0.489 e. The van der Waals surface area contributed by atoms with E-state index in [1.54, 1.807) is 0 Å². The molecule has 0 fully saturated rings. The first-order chi connectivity index (χ1) is 14.8. The predicted octanol–water partition coefficient (Wildman–Crippen LogP) is 4.69. The number of ether oxygens (including phenoxy) is 3. The molecule has 0 unspecified atom stereocenters. The highest BCUT2D eigenvalue weighted by atomic mass is 16.5. The van der Waals surface area contributed by atoms with E-state index >= 15 is 0 Å². The summed E-state index contributed by atoms with van der Waals surface area (Å²) in [5.41, 5.74) is 2.44. The van der Waals surface area contributed by atoms with Crippen molar-refractivity contribution in [3.8, 4) is 17.2 Å². The van der Waals surface area contributed by atoms with E-state index in [1.807, 2.05) is 84.9 Å². The molecule has 0 radical (unpaired) electrons. The van der Waals surface area contributed by atoms with E-state index in [1.165, 1.54) is 0 Å². The SMILES string of the molecule is O[C@H]1c2cc(OCc3ccc4ccccc4n3)ccc2OC[C@@H]1Oc1ccccc1. The standard InChI is InChI=1S/C25H21NO4/c27-25-21-14-20(28-15-18-11-10-17-6-4-5-9-22(17)26-18)12-13-23(21)29-16-24(25)30-19-7-2-1-3-8-19/h1-14,24-25,27H,15-16H2/t24-,25-/m0/s1. The van der Waals surface area contributed by atoms with Crippen molar-refractivity contribution in [1.82, 2.24) is 4.98 Å². The molecule has 5 heteroatoms. The van der Waals surface area contributed by atoms with Crippen molar-refractivity contribution in [1.29, 1.82) is 0 Å².